The van der Waals surface area contributed by atoms with E-state index in [4.69, 9.17) is 10.5 Å². The van der Waals surface area contributed by atoms with E-state index in [1.54, 1.807) is 18.3 Å². The van der Waals surface area contributed by atoms with E-state index in [0.717, 1.165) is 0 Å². The normalized spacial score (nSPS) is 21.2. The van der Waals surface area contributed by atoms with Crippen molar-refractivity contribution in [2.45, 2.75) is 38.9 Å². The molecule has 1 aromatic rings. The Balaban J connectivity index is 2.24. The molecule has 5 heteroatoms. The fourth-order valence-corrected chi connectivity index (χ4v) is 2.70. The number of morpholine rings is 1. The van der Waals surface area contributed by atoms with Crippen LogP contribution in [0.25, 0.3) is 0 Å². The first-order valence-corrected chi connectivity index (χ1v) is 6.40. The Morgan fingerprint density at radius 1 is 1.32 bits per heavy atom. The van der Waals surface area contributed by atoms with Crippen LogP contribution in [-0.2, 0) is 4.74 Å². The quantitative estimate of drug-likeness (QED) is 0.837. The van der Waals surface area contributed by atoms with Crippen LogP contribution < -0.4 is 5.73 Å². The molecular weight excluding hydrogens is 242 g/mol. The van der Waals surface area contributed by atoms with Gasteiger partial charge in [0.15, 0.2) is 0 Å². The van der Waals surface area contributed by atoms with Gasteiger partial charge in [-0.05, 0) is 39.8 Å². The van der Waals surface area contributed by atoms with Gasteiger partial charge < -0.3 is 15.4 Å². The lowest BCUT2D eigenvalue weighted by molar-refractivity contribution is -0.171. The summed E-state index contributed by atoms with van der Waals surface area (Å²) in [5, 5.41) is 0. The Kier molecular flexibility index (Phi) is 3.26. The van der Waals surface area contributed by atoms with Gasteiger partial charge in [0.25, 0.3) is 5.91 Å². The lowest BCUT2D eigenvalue weighted by Gasteiger charge is -2.47. The van der Waals surface area contributed by atoms with Crippen LogP contribution in [0.1, 0.15) is 38.1 Å². The molecule has 19 heavy (non-hydrogen) atoms. The van der Waals surface area contributed by atoms with E-state index in [0.29, 0.717) is 24.5 Å². The van der Waals surface area contributed by atoms with E-state index in [2.05, 4.69) is 4.98 Å². The number of hydrogen-bond donors (Lipinski definition) is 1. The van der Waals surface area contributed by atoms with Crippen molar-refractivity contribution in [3.8, 4) is 0 Å². The number of ether oxygens (including phenoxy) is 1. The SMILES string of the molecule is CC1(C)CN(C(=O)c2ccnc(N)c2)CC(C)(C)O1. The number of rotatable bonds is 1. The van der Waals surface area contributed by atoms with Crippen molar-refractivity contribution >= 4 is 11.7 Å². The predicted molar refractivity (Wildman–Crippen MR) is 73.8 cm³/mol. The average Bonchev–Trinajstić information content (AvgIpc) is 2.23. The molecule has 2 rings (SSSR count). The van der Waals surface area contributed by atoms with E-state index >= 15 is 0 Å². The smallest absolute Gasteiger partial charge is 0.254 e. The maximum Gasteiger partial charge on any atom is 0.254 e. The maximum atomic E-state index is 12.5. The van der Waals surface area contributed by atoms with E-state index in [9.17, 15) is 4.79 Å². The fourth-order valence-electron chi connectivity index (χ4n) is 2.70. The summed E-state index contributed by atoms with van der Waals surface area (Å²) >= 11 is 0. The largest absolute Gasteiger partial charge is 0.384 e. The topological polar surface area (TPSA) is 68.5 Å². The molecular formula is C14H21N3O2. The van der Waals surface area contributed by atoms with Crippen LogP contribution in [0.15, 0.2) is 18.3 Å². The van der Waals surface area contributed by atoms with Crippen molar-refractivity contribution in [1.29, 1.82) is 0 Å². The molecule has 0 atom stereocenters. The Labute approximate surface area is 113 Å². The van der Waals surface area contributed by atoms with Crippen LogP contribution in [0.5, 0.6) is 0 Å². The van der Waals surface area contributed by atoms with Gasteiger partial charge in [0.05, 0.1) is 11.2 Å². The number of anilines is 1. The number of hydrogen-bond acceptors (Lipinski definition) is 4. The highest BCUT2D eigenvalue weighted by atomic mass is 16.5. The van der Waals surface area contributed by atoms with E-state index in [-0.39, 0.29) is 17.1 Å². The van der Waals surface area contributed by atoms with Crippen LogP contribution in [0.2, 0.25) is 0 Å². The van der Waals surface area contributed by atoms with Crippen LogP contribution >= 0.6 is 0 Å². The third kappa shape index (κ3) is 3.23. The highest BCUT2D eigenvalue weighted by Crippen LogP contribution is 2.29. The summed E-state index contributed by atoms with van der Waals surface area (Å²) in [6.45, 7) is 9.11. The third-order valence-electron chi connectivity index (χ3n) is 3.01. The maximum absolute atomic E-state index is 12.5. The summed E-state index contributed by atoms with van der Waals surface area (Å²) in [4.78, 5) is 18.2. The minimum Gasteiger partial charge on any atom is -0.384 e. The van der Waals surface area contributed by atoms with Gasteiger partial charge in [0, 0.05) is 24.8 Å². The molecule has 0 spiro atoms. The van der Waals surface area contributed by atoms with E-state index in [1.807, 2.05) is 32.6 Å². The first-order chi connectivity index (χ1) is 8.69. The molecule has 0 aliphatic carbocycles. The van der Waals surface area contributed by atoms with Crippen molar-refractivity contribution in [3.63, 3.8) is 0 Å². The molecule has 104 valence electrons. The first-order valence-electron chi connectivity index (χ1n) is 6.40. The molecule has 1 aromatic heterocycles. The van der Waals surface area contributed by atoms with Crippen molar-refractivity contribution in [3.05, 3.63) is 23.9 Å². The number of nitrogen functional groups attached to an aromatic ring is 1. The van der Waals surface area contributed by atoms with Gasteiger partial charge in [-0.2, -0.15) is 0 Å². The van der Waals surface area contributed by atoms with Gasteiger partial charge in [-0.15, -0.1) is 0 Å². The van der Waals surface area contributed by atoms with Crippen LogP contribution in [0.4, 0.5) is 5.82 Å². The van der Waals surface area contributed by atoms with E-state index in [1.165, 1.54) is 0 Å². The summed E-state index contributed by atoms with van der Waals surface area (Å²) in [6.07, 6.45) is 1.55. The van der Waals surface area contributed by atoms with Crippen molar-refractivity contribution in [2.75, 3.05) is 18.8 Å². The molecule has 1 fully saturated rings. The zero-order chi connectivity index (χ0) is 14.3. The Morgan fingerprint density at radius 2 is 1.89 bits per heavy atom. The number of carbonyl (C=O) groups is 1. The highest BCUT2D eigenvalue weighted by Gasteiger charge is 2.40. The molecule has 0 aromatic carbocycles. The molecule has 0 unspecified atom stereocenters. The van der Waals surface area contributed by atoms with Gasteiger partial charge in [0.2, 0.25) is 0 Å². The van der Waals surface area contributed by atoms with Gasteiger partial charge >= 0.3 is 0 Å². The highest BCUT2D eigenvalue weighted by molar-refractivity contribution is 5.94. The number of nitrogens with two attached hydrogens (primary N) is 1. The zero-order valence-corrected chi connectivity index (χ0v) is 11.9. The molecule has 0 bridgehead atoms. The van der Waals surface area contributed by atoms with Crippen LogP contribution in [-0.4, -0.2) is 40.1 Å². The molecule has 1 amide bonds. The minimum absolute atomic E-state index is 0.0291. The minimum atomic E-state index is -0.351. The van der Waals surface area contributed by atoms with Gasteiger partial charge in [-0.3, -0.25) is 4.79 Å². The van der Waals surface area contributed by atoms with Crippen molar-refractivity contribution < 1.29 is 9.53 Å². The van der Waals surface area contributed by atoms with Crippen molar-refractivity contribution in [2.24, 2.45) is 0 Å². The summed E-state index contributed by atoms with van der Waals surface area (Å²) < 4.78 is 5.97. The molecule has 2 heterocycles. The lowest BCUT2D eigenvalue weighted by atomic mass is 9.98. The number of aromatic nitrogens is 1. The van der Waals surface area contributed by atoms with Crippen molar-refractivity contribution in [1.82, 2.24) is 9.88 Å². The number of pyridine rings is 1. The predicted octanol–water partition coefficient (Wildman–Crippen LogP) is 1.69. The standard InChI is InChI=1S/C14H21N3O2/c1-13(2)8-17(9-14(3,4)19-13)12(18)10-5-6-16-11(15)7-10/h5-7H,8-9H2,1-4H3,(H2,15,16). The summed E-state index contributed by atoms with van der Waals surface area (Å²) in [5.74, 6) is 0.330. The molecule has 2 N–H and O–H groups in total. The molecule has 1 aliphatic rings. The Bertz CT molecular complexity index is 481. The van der Waals surface area contributed by atoms with Gasteiger partial charge in [-0.1, -0.05) is 0 Å². The second-order valence-corrected chi connectivity index (χ2v) is 6.25. The second kappa shape index (κ2) is 4.49. The van der Waals surface area contributed by atoms with Crippen LogP contribution in [0.3, 0.4) is 0 Å². The number of nitrogens with zero attached hydrogens (tertiary/aromatic N) is 2. The second-order valence-electron chi connectivity index (χ2n) is 6.25. The average molecular weight is 263 g/mol. The molecule has 0 radical (unpaired) electrons. The zero-order valence-electron chi connectivity index (χ0n) is 11.9. The van der Waals surface area contributed by atoms with Crippen LogP contribution in [0, 0.1) is 0 Å². The Morgan fingerprint density at radius 3 is 2.42 bits per heavy atom. The van der Waals surface area contributed by atoms with Gasteiger partial charge in [0.1, 0.15) is 5.82 Å². The summed E-state index contributed by atoms with van der Waals surface area (Å²) in [6, 6.07) is 3.30. The molecule has 1 saturated heterocycles. The summed E-state index contributed by atoms with van der Waals surface area (Å²) in [7, 11) is 0. The fraction of sp³-hybridized carbons (Fsp3) is 0.571. The first kappa shape index (κ1) is 13.8. The van der Waals surface area contributed by atoms with Gasteiger partial charge in [-0.25, -0.2) is 4.98 Å². The molecule has 1 aliphatic heterocycles. The molecule has 0 saturated carbocycles. The van der Waals surface area contributed by atoms with E-state index < -0.39 is 0 Å². The molecule has 5 nitrogen and oxygen atoms in total. The summed E-state index contributed by atoms with van der Waals surface area (Å²) in [5.41, 5.74) is 5.49. The Hall–Kier alpha value is -1.62. The monoisotopic (exact) mass is 263 g/mol. The number of carbonyl (C=O) groups excluding carboxylic acids is 1. The lowest BCUT2D eigenvalue weighted by Crippen LogP contribution is -2.58. The third-order valence-corrected chi connectivity index (χ3v) is 3.01. The number of amides is 1.